The number of halogens is 4. The number of carbonyl (C=O) groups is 2. The van der Waals surface area contributed by atoms with Crippen molar-refractivity contribution in [2.45, 2.75) is 51.4 Å². The number of unbranched alkanes of at least 4 members (excludes halogenated alkanes) is 3. The molecule has 0 aromatic heterocycles. The zero-order valence-electron chi connectivity index (χ0n) is 11.4. The lowest BCUT2D eigenvalue weighted by Crippen LogP contribution is -2.52. The molecule has 0 radical (unpaired) electrons. The van der Waals surface area contributed by atoms with Gasteiger partial charge in [-0.1, -0.05) is 26.2 Å². The molecule has 4 nitrogen and oxygen atoms in total. The minimum atomic E-state index is -5.20. The molecule has 20 heavy (non-hydrogen) atoms. The number of hydrogen-bond donors (Lipinski definition) is 0. The highest BCUT2D eigenvalue weighted by molar-refractivity contribution is 5.92. The van der Waals surface area contributed by atoms with E-state index in [4.69, 9.17) is 4.74 Å². The number of carbonyl (C=O) groups excluding carboxylic acids is 2. The molecule has 0 rings (SSSR count). The van der Waals surface area contributed by atoms with Gasteiger partial charge in [0.2, 0.25) is 5.78 Å². The number of esters is 1. The summed E-state index contributed by atoms with van der Waals surface area (Å²) in [6.07, 6.45) is 3.49. The number of rotatable bonds is 10. The normalized spacial score (nSPS) is 12.3. The van der Waals surface area contributed by atoms with Crippen molar-refractivity contribution >= 4 is 11.8 Å². The van der Waals surface area contributed by atoms with Crippen molar-refractivity contribution in [3.63, 3.8) is 0 Å². The van der Waals surface area contributed by atoms with Gasteiger partial charge in [-0.25, -0.2) is 4.79 Å². The number of hydrogen-bond acceptors (Lipinski definition) is 4. The molecule has 0 heterocycles. The molecule has 118 valence electrons. The molecule has 0 amide bonds. The summed E-state index contributed by atoms with van der Waals surface area (Å²) >= 11 is 0. The molecule has 0 atom stereocenters. The Labute approximate surface area is 114 Å². The lowest BCUT2D eigenvalue weighted by atomic mass is 10.1. The van der Waals surface area contributed by atoms with E-state index in [2.05, 4.69) is 4.74 Å². The van der Waals surface area contributed by atoms with E-state index >= 15 is 0 Å². The van der Waals surface area contributed by atoms with E-state index in [9.17, 15) is 27.2 Å². The lowest BCUT2D eigenvalue weighted by molar-refractivity contribution is -0.230. The zero-order valence-corrected chi connectivity index (χ0v) is 11.4. The van der Waals surface area contributed by atoms with E-state index in [1.54, 1.807) is 0 Å². The Bertz CT molecular complexity index is 331. The number of ketones is 1. The second-order valence-electron chi connectivity index (χ2n) is 4.22. The molecule has 0 N–H and O–H groups in total. The minimum Gasteiger partial charge on any atom is -0.434 e. The third kappa shape index (κ3) is 5.07. The average Bonchev–Trinajstić information content (AvgIpc) is 2.36. The zero-order chi connectivity index (χ0) is 15.8. The van der Waals surface area contributed by atoms with Crippen LogP contribution >= 0.6 is 0 Å². The van der Waals surface area contributed by atoms with Crippen LogP contribution in [0.4, 0.5) is 17.6 Å². The highest BCUT2D eigenvalue weighted by Gasteiger charge is 2.66. The van der Waals surface area contributed by atoms with Crippen molar-refractivity contribution in [2.24, 2.45) is 0 Å². The summed E-state index contributed by atoms with van der Waals surface area (Å²) < 4.78 is 60.4. The number of Topliss-reactive ketones (excluding diaryl/α,β-unsaturated/α-hetero) is 1. The highest BCUT2D eigenvalue weighted by Crippen LogP contribution is 2.35. The van der Waals surface area contributed by atoms with Crippen molar-refractivity contribution in [1.82, 2.24) is 0 Å². The molecular formula is C12H18F4O4. The van der Waals surface area contributed by atoms with E-state index < -0.39 is 30.4 Å². The van der Waals surface area contributed by atoms with Crippen molar-refractivity contribution in [3.8, 4) is 0 Å². The third-order valence-corrected chi connectivity index (χ3v) is 2.51. The lowest BCUT2D eigenvalue weighted by Gasteiger charge is -2.22. The Hall–Kier alpha value is -1.18. The number of ether oxygens (including phenoxy) is 2. The summed E-state index contributed by atoms with van der Waals surface area (Å²) in [6, 6.07) is 0. The Morgan fingerprint density at radius 3 is 2.10 bits per heavy atom. The molecule has 8 heteroatoms. The van der Waals surface area contributed by atoms with Crippen LogP contribution < -0.4 is 0 Å². The highest BCUT2D eigenvalue weighted by atomic mass is 19.3. The molecular weight excluding hydrogens is 284 g/mol. The van der Waals surface area contributed by atoms with Gasteiger partial charge in [-0.2, -0.15) is 17.6 Å². The maximum Gasteiger partial charge on any atom is 0.411 e. The van der Waals surface area contributed by atoms with Gasteiger partial charge in [0.25, 0.3) is 0 Å². The van der Waals surface area contributed by atoms with Gasteiger partial charge in [0, 0.05) is 6.92 Å². The van der Waals surface area contributed by atoms with Gasteiger partial charge in [-0.3, -0.25) is 4.79 Å². The van der Waals surface area contributed by atoms with Crippen LogP contribution in [0.15, 0.2) is 0 Å². The van der Waals surface area contributed by atoms with Gasteiger partial charge in [0.15, 0.2) is 6.79 Å². The van der Waals surface area contributed by atoms with Crippen molar-refractivity contribution < 1.29 is 36.6 Å². The van der Waals surface area contributed by atoms with E-state index in [-0.39, 0.29) is 13.5 Å². The molecule has 0 saturated carbocycles. The van der Waals surface area contributed by atoms with Gasteiger partial charge in [-0.05, 0) is 6.42 Å². The monoisotopic (exact) mass is 302 g/mol. The molecule has 0 aliphatic carbocycles. The van der Waals surface area contributed by atoms with E-state index in [1.807, 2.05) is 6.92 Å². The first-order chi connectivity index (χ1) is 9.17. The van der Waals surface area contributed by atoms with Crippen LogP contribution in [0, 0.1) is 0 Å². The summed E-state index contributed by atoms with van der Waals surface area (Å²) in [5.41, 5.74) is 0. The SMILES string of the molecule is CCCCCCOCOC(=O)C(F)(F)C(F)(F)C(C)=O. The summed E-state index contributed by atoms with van der Waals surface area (Å²) in [5.74, 6) is -14.9. The fourth-order valence-electron chi connectivity index (χ4n) is 1.22. The van der Waals surface area contributed by atoms with Crippen molar-refractivity contribution in [2.75, 3.05) is 13.4 Å². The van der Waals surface area contributed by atoms with Gasteiger partial charge in [0.1, 0.15) is 0 Å². The molecule has 0 aliphatic rings. The van der Waals surface area contributed by atoms with Crippen LogP contribution in [-0.2, 0) is 19.1 Å². The second-order valence-corrected chi connectivity index (χ2v) is 4.22. The van der Waals surface area contributed by atoms with Crippen molar-refractivity contribution in [3.05, 3.63) is 0 Å². The van der Waals surface area contributed by atoms with Crippen LogP contribution in [0.25, 0.3) is 0 Å². The smallest absolute Gasteiger partial charge is 0.411 e. The Kier molecular flexibility index (Phi) is 7.70. The summed E-state index contributed by atoms with van der Waals surface area (Å²) in [5, 5.41) is 0. The molecule has 0 spiro atoms. The fraction of sp³-hybridized carbons (Fsp3) is 0.833. The molecule has 0 aliphatic heterocycles. The molecule has 0 bridgehead atoms. The Morgan fingerprint density at radius 1 is 1.00 bits per heavy atom. The van der Waals surface area contributed by atoms with E-state index in [0.29, 0.717) is 6.42 Å². The van der Waals surface area contributed by atoms with E-state index in [0.717, 1.165) is 19.3 Å². The Morgan fingerprint density at radius 2 is 1.60 bits per heavy atom. The summed E-state index contributed by atoms with van der Waals surface area (Å²) in [6.45, 7) is 1.59. The quantitative estimate of drug-likeness (QED) is 0.269. The maximum absolute atomic E-state index is 13.0. The number of alkyl halides is 4. The largest absolute Gasteiger partial charge is 0.434 e. The van der Waals surface area contributed by atoms with Crippen LogP contribution in [0.5, 0.6) is 0 Å². The van der Waals surface area contributed by atoms with E-state index in [1.165, 1.54) is 0 Å². The maximum atomic E-state index is 13.0. The molecule has 0 unspecified atom stereocenters. The first-order valence-electron chi connectivity index (χ1n) is 6.19. The Balaban J connectivity index is 4.11. The van der Waals surface area contributed by atoms with Gasteiger partial charge in [0.05, 0.1) is 6.61 Å². The summed E-state index contributed by atoms with van der Waals surface area (Å²) in [4.78, 5) is 21.3. The first-order valence-corrected chi connectivity index (χ1v) is 6.19. The second kappa shape index (κ2) is 8.18. The van der Waals surface area contributed by atoms with Crippen molar-refractivity contribution in [1.29, 1.82) is 0 Å². The molecule has 0 aromatic carbocycles. The average molecular weight is 302 g/mol. The fourth-order valence-corrected chi connectivity index (χ4v) is 1.22. The van der Waals surface area contributed by atoms with Crippen LogP contribution in [-0.4, -0.2) is 37.0 Å². The summed E-state index contributed by atoms with van der Waals surface area (Å²) in [7, 11) is 0. The first kappa shape index (κ1) is 18.8. The molecule has 0 fully saturated rings. The van der Waals surface area contributed by atoms with Crippen LogP contribution in [0.2, 0.25) is 0 Å². The standard InChI is InChI=1S/C12H18F4O4/c1-3-4-5-6-7-19-8-20-10(18)12(15,16)11(13,14)9(2)17/h3-8H2,1-2H3. The predicted molar refractivity (Wildman–Crippen MR) is 61.6 cm³/mol. The van der Waals surface area contributed by atoms with Gasteiger partial charge < -0.3 is 9.47 Å². The topological polar surface area (TPSA) is 52.6 Å². The van der Waals surface area contributed by atoms with Crippen LogP contribution in [0.1, 0.15) is 39.5 Å². The molecule has 0 aromatic rings. The van der Waals surface area contributed by atoms with Gasteiger partial charge >= 0.3 is 17.8 Å². The minimum absolute atomic E-state index is 0.169. The van der Waals surface area contributed by atoms with Gasteiger partial charge in [-0.15, -0.1) is 0 Å². The molecule has 0 saturated heterocycles. The predicted octanol–water partition coefficient (Wildman–Crippen LogP) is 2.94. The third-order valence-electron chi connectivity index (χ3n) is 2.51. The van der Waals surface area contributed by atoms with Crippen LogP contribution in [0.3, 0.4) is 0 Å².